The first-order valence-corrected chi connectivity index (χ1v) is 10.1. The minimum atomic E-state index is -0.265. The molecule has 0 aliphatic carbocycles. The molecule has 0 aromatic heterocycles. The lowest BCUT2D eigenvalue weighted by molar-refractivity contribution is 0.0938. The Hall–Kier alpha value is -3.64. The van der Waals surface area contributed by atoms with E-state index in [0.29, 0.717) is 35.8 Å². The van der Waals surface area contributed by atoms with Crippen LogP contribution in [0.15, 0.2) is 78.9 Å². The van der Waals surface area contributed by atoms with Crippen LogP contribution in [0.2, 0.25) is 0 Å². The van der Waals surface area contributed by atoms with Gasteiger partial charge in [0.1, 0.15) is 12.4 Å². The van der Waals surface area contributed by atoms with E-state index in [2.05, 4.69) is 10.6 Å². The van der Waals surface area contributed by atoms with Gasteiger partial charge in [-0.25, -0.2) is 0 Å². The second-order valence-corrected chi connectivity index (χ2v) is 7.01. The van der Waals surface area contributed by atoms with E-state index in [9.17, 15) is 9.59 Å². The number of carbonyl (C=O) groups is 2. The Morgan fingerprint density at radius 3 is 2.29 bits per heavy atom. The molecule has 3 aromatic rings. The first-order valence-electron chi connectivity index (χ1n) is 10.1. The summed E-state index contributed by atoms with van der Waals surface area (Å²) in [6.07, 6.45) is 0. The molecule has 0 radical (unpaired) electrons. The first kappa shape index (κ1) is 22.1. The maximum Gasteiger partial charge on any atom is 0.255 e. The van der Waals surface area contributed by atoms with Gasteiger partial charge in [0.2, 0.25) is 0 Å². The molecule has 0 saturated carbocycles. The fourth-order valence-electron chi connectivity index (χ4n) is 2.99. The lowest BCUT2D eigenvalue weighted by Crippen LogP contribution is -2.26. The Bertz CT molecular complexity index is 1000. The maximum atomic E-state index is 12.6. The highest BCUT2D eigenvalue weighted by Crippen LogP contribution is 2.17. The number of methoxy groups -OCH3 is 1. The molecule has 6 heteroatoms. The Labute approximate surface area is 182 Å². The van der Waals surface area contributed by atoms with Gasteiger partial charge in [0, 0.05) is 23.9 Å². The van der Waals surface area contributed by atoms with Crippen LogP contribution in [0.4, 0.5) is 5.69 Å². The van der Waals surface area contributed by atoms with Crippen LogP contribution in [0.3, 0.4) is 0 Å². The normalized spacial score (nSPS) is 11.4. The van der Waals surface area contributed by atoms with Crippen molar-refractivity contribution in [3.05, 3.63) is 95.6 Å². The second-order valence-electron chi connectivity index (χ2n) is 7.01. The van der Waals surface area contributed by atoms with Crippen molar-refractivity contribution >= 4 is 17.5 Å². The lowest BCUT2D eigenvalue weighted by atomic mass is 10.1. The van der Waals surface area contributed by atoms with Crippen LogP contribution in [0.5, 0.6) is 5.75 Å². The highest BCUT2D eigenvalue weighted by atomic mass is 16.5. The number of benzene rings is 3. The van der Waals surface area contributed by atoms with E-state index in [1.807, 2.05) is 37.3 Å². The molecule has 6 nitrogen and oxygen atoms in total. The molecule has 3 rings (SSSR count). The molecule has 0 bridgehead atoms. The average molecular weight is 418 g/mol. The molecule has 1 atom stereocenters. The van der Waals surface area contributed by atoms with Gasteiger partial charge in [0.05, 0.1) is 12.6 Å². The maximum absolute atomic E-state index is 12.6. The number of anilines is 1. The van der Waals surface area contributed by atoms with E-state index >= 15 is 0 Å². The van der Waals surface area contributed by atoms with Crippen molar-refractivity contribution in [1.82, 2.24) is 5.32 Å². The average Bonchev–Trinajstić information content (AvgIpc) is 2.80. The molecule has 160 valence electrons. The standard InChI is InChI=1S/C25H26N2O4/c1-18(19-7-4-3-5-8-19)26-25(29)21-9-6-10-22(17-21)27-24(28)20-11-13-23(14-12-20)31-16-15-30-2/h3-14,17-18H,15-16H2,1-2H3,(H,26,29)(H,27,28). The SMILES string of the molecule is COCCOc1ccc(C(=O)Nc2cccc(C(=O)NC(C)c3ccccc3)c2)cc1. The molecule has 2 amide bonds. The van der Waals surface area contributed by atoms with Crippen LogP contribution < -0.4 is 15.4 Å². The van der Waals surface area contributed by atoms with Gasteiger partial charge in [-0.2, -0.15) is 0 Å². The molecule has 0 saturated heterocycles. The number of amides is 2. The lowest BCUT2D eigenvalue weighted by Gasteiger charge is -2.15. The molecule has 0 aliphatic heterocycles. The van der Waals surface area contributed by atoms with Crippen LogP contribution in [0.1, 0.15) is 39.2 Å². The van der Waals surface area contributed by atoms with E-state index in [-0.39, 0.29) is 17.9 Å². The summed E-state index contributed by atoms with van der Waals surface area (Å²) in [6, 6.07) is 23.3. The number of hydrogen-bond acceptors (Lipinski definition) is 4. The van der Waals surface area contributed by atoms with Crippen molar-refractivity contribution in [2.24, 2.45) is 0 Å². The van der Waals surface area contributed by atoms with Crippen molar-refractivity contribution in [1.29, 1.82) is 0 Å². The molecule has 31 heavy (non-hydrogen) atoms. The molecule has 0 spiro atoms. The van der Waals surface area contributed by atoms with Gasteiger partial charge >= 0.3 is 0 Å². The highest BCUT2D eigenvalue weighted by molar-refractivity contribution is 6.05. The predicted octanol–water partition coefficient (Wildman–Crippen LogP) is 4.46. The Balaban J connectivity index is 1.60. The molecule has 0 fully saturated rings. The van der Waals surface area contributed by atoms with Gasteiger partial charge in [-0.1, -0.05) is 36.4 Å². The fraction of sp³-hybridized carbons (Fsp3) is 0.200. The van der Waals surface area contributed by atoms with E-state index < -0.39 is 0 Å². The van der Waals surface area contributed by atoms with Crippen molar-refractivity contribution in [3.63, 3.8) is 0 Å². The third kappa shape index (κ3) is 6.42. The van der Waals surface area contributed by atoms with Crippen LogP contribution in [-0.4, -0.2) is 32.1 Å². The van der Waals surface area contributed by atoms with Gasteiger partial charge in [0.15, 0.2) is 0 Å². The van der Waals surface area contributed by atoms with Crippen molar-refractivity contribution in [2.75, 3.05) is 25.6 Å². The summed E-state index contributed by atoms with van der Waals surface area (Å²) in [6.45, 7) is 2.87. The zero-order valence-electron chi connectivity index (χ0n) is 17.6. The second kappa shape index (κ2) is 10.9. The zero-order valence-corrected chi connectivity index (χ0v) is 17.6. The zero-order chi connectivity index (χ0) is 22.1. The summed E-state index contributed by atoms with van der Waals surface area (Å²) in [5.41, 5.74) is 2.54. The summed E-state index contributed by atoms with van der Waals surface area (Å²) in [5.74, 6) is 0.198. The van der Waals surface area contributed by atoms with E-state index in [1.54, 1.807) is 55.6 Å². The third-order valence-corrected chi connectivity index (χ3v) is 4.70. The molecule has 2 N–H and O–H groups in total. The van der Waals surface area contributed by atoms with Crippen LogP contribution in [-0.2, 0) is 4.74 Å². The van der Waals surface area contributed by atoms with E-state index in [0.717, 1.165) is 5.56 Å². The molecule has 0 heterocycles. The largest absolute Gasteiger partial charge is 0.491 e. The van der Waals surface area contributed by atoms with E-state index in [4.69, 9.17) is 9.47 Å². The minimum Gasteiger partial charge on any atom is -0.491 e. The Morgan fingerprint density at radius 1 is 0.839 bits per heavy atom. The summed E-state index contributed by atoms with van der Waals surface area (Å²) >= 11 is 0. The van der Waals surface area contributed by atoms with E-state index in [1.165, 1.54) is 0 Å². The van der Waals surface area contributed by atoms with Crippen molar-refractivity contribution in [3.8, 4) is 5.75 Å². The number of nitrogens with one attached hydrogen (secondary N) is 2. The summed E-state index contributed by atoms with van der Waals surface area (Å²) in [4.78, 5) is 25.2. The van der Waals surface area contributed by atoms with Gasteiger partial charge in [-0.05, 0) is 55.0 Å². The van der Waals surface area contributed by atoms with Crippen LogP contribution in [0.25, 0.3) is 0 Å². The minimum absolute atomic E-state index is 0.128. The monoisotopic (exact) mass is 418 g/mol. The smallest absolute Gasteiger partial charge is 0.255 e. The Morgan fingerprint density at radius 2 is 1.58 bits per heavy atom. The van der Waals surface area contributed by atoms with Crippen LogP contribution >= 0.6 is 0 Å². The fourth-order valence-corrected chi connectivity index (χ4v) is 2.99. The predicted molar refractivity (Wildman–Crippen MR) is 121 cm³/mol. The molecular weight excluding hydrogens is 392 g/mol. The summed E-state index contributed by atoms with van der Waals surface area (Å²) < 4.78 is 10.4. The van der Waals surface area contributed by atoms with Crippen molar-refractivity contribution in [2.45, 2.75) is 13.0 Å². The molecular formula is C25H26N2O4. The topological polar surface area (TPSA) is 76.7 Å². The third-order valence-electron chi connectivity index (χ3n) is 4.70. The molecule has 1 unspecified atom stereocenters. The van der Waals surface area contributed by atoms with Crippen molar-refractivity contribution < 1.29 is 19.1 Å². The summed E-state index contributed by atoms with van der Waals surface area (Å²) in [7, 11) is 1.61. The number of hydrogen-bond donors (Lipinski definition) is 2. The Kier molecular flexibility index (Phi) is 7.79. The van der Waals surface area contributed by atoms with Gasteiger partial charge in [-0.3, -0.25) is 9.59 Å². The number of carbonyl (C=O) groups excluding carboxylic acids is 2. The van der Waals surface area contributed by atoms with Gasteiger partial charge in [0.25, 0.3) is 11.8 Å². The molecule has 3 aromatic carbocycles. The van der Waals surface area contributed by atoms with Crippen LogP contribution in [0, 0.1) is 0 Å². The molecule has 0 aliphatic rings. The highest BCUT2D eigenvalue weighted by Gasteiger charge is 2.13. The van der Waals surface area contributed by atoms with Gasteiger partial charge in [-0.15, -0.1) is 0 Å². The first-order chi connectivity index (χ1) is 15.1. The number of ether oxygens (including phenoxy) is 2. The number of rotatable bonds is 9. The summed E-state index contributed by atoms with van der Waals surface area (Å²) in [5, 5.41) is 5.81. The van der Waals surface area contributed by atoms with Gasteiger partial charge < -0.3 is 20.1 Å². The quantitative estimate of drug-likeness (QED) is 0.503.